The highest BCUT2D eigenvalue weighted by molar-refractivity contribution is 4.80. The van der Waals surface area contributed by atoms with E-state index in [9.17, 15) is 0 Å². The lowest BCUT2D eigenvalue weighted by Gasteiger charge is -1.89. The Morgan fingerprint density at radius 3 is 1.31 bits per heavy atom. The molecule has 96 valence electrons. The third kappa shape index (κ3) is 23.4. The van der Waals surface area contributed by atoms with Crippen molar-refractivity contribution in [3.63, 3.8) is 0 Å². The molecule has 0 bridgehead atoms. The van der Waals surface area contributed by atoms with E-state index >= 15 is 0 Å². The van der Waals surface area contributed by atoms with E-state index in [0.29, 0.717) is 0 Å². The van der Waals surface area contributed by atoms with Gasteiger partial charge in [0.1, 0.15) is 0 Å². The highest BCUT2D eigenvalue weighted by Crippen LogP contribution is 1.99. The van der Waals surface area contributed by atoms with Gasteiger partial charge in [0.05, 0.1) is 0 Å². The van der Waals surface area contributed by atoms with Crippen LogP contribution in [0, 0.1) is 0 Å². The second-order valence-electron chi connectivity index (χ2n) is 4.19. The van der Waals surface area contributed by atoms with Crippen LogP contribution in [0.5, 0.6) is 0 Å². The van der Waals surface area contributed by atoms with Crippen LogP contribution in [0.15, 0.2) is 24.8 Å². The van der Waals surface area contributed by atoms with Crippen molar-refractivity contribution >= 4 is 0 Å². The van der Waals surface area contributed by atoms with Gasteiger partial charge in [0.2, 0.25) is 0 Å². The molecule has 0 aliphatic rings. The molecule has 0 aliphatic heterocycles. The van der Waals surface area contributed by atoms with Crippen molar-refractivity contribution in [2.75, 3.05) is 0 Å². The van der Waals surface area contributed by atoms with Gasteiger partial charge in [0, 0.05) is 0 Å². The smallest absolute Gasteiger partial charge is 0.0351 e. The summed E-state index contributed by atoms with van der Waals surface area (Å²) >= 11 is 0. The third-order valence-corrected chi connectivity index (χ3v) is 2.38. The topological polar surface area (TPSA) is 0 Å². The Bertz CT molecular complexity index is 123. The van der Waals surface area contributed by atoms with Gasteiger partial charge in [-0.3, -0.25) is 0 Å². The molecule has 0 heterocycles. The van der Waals surface area contributed by atoms with Crippen molar-refractivity contribution in [2.45, 2.75) is 78.6 Å². The Hall–Kier alpha value is -0.520. The summed E-state index contributed by atoms with van der Waals surface area (Å²) < 4.78 is 0. The minimum Gasteiger partial charge on any atom is -0.103 e. The molecule has 0 spiro atoms. The molecule has 0 fully saturated rings. The van der Waals surface area contributed by atoms with E-state index in [1.54, 1.807) is 0 Å². The van der Waals surface area contributed by atoms with E-state index < -0.39 is 0 Å². The molecule has 16 heavy (non-hydrogen) atoms. The lowest BCUT2D eigenvalue weighted by molar-refractivity contribution is 0.793. The predicted octanol–water partition coefficient (Wildman–Crippen LogP) is 6.29. The van der Waals surface area contributed by atoms with E-state index in [1.165, 1.54) is 57.8 Å². The van der Waals surface area contributed by atoms with Gasteiger partial charge in [-0.1, -0.05) is 77.5 Å². The van der Waals surface area contributed by atoms with Crippen molar-refractivity contribution in [2.24, 2.45) is 0 Å². The molecule has 0 amide bonds. The summed E-state index contributed by atoms with van der Waals surface area (Å²) in [6.07, 6.45) is 18.2. The largest absolute Gasteiger partial charge is 0.103 e. The summed E-state index contributed by atoms with van der Waals surface area (Å²) in [6, 6.07) is 0. The molecular weight excluding hydrogens is 192 g/mol. The molecule has 0 nitrogen and oxygen atoms in total. The monoisotopic (exact) mass is 224 g/mol. The SMILES string of the molecule is C=CCCCC.CCCC/C=C\CCCC. The van der Waals surface area contributed by atoms with Crippen LogP contribution in [-0.2, 0) is 0 Å². The lowest BCUT2D eigenvalue weighted by atomic mass is 10.2. The molecule has 0 unspecified atom stereocenters. The molecule has 0 saturated heterocycles. The molecule has 0 atom stereocenters. The van der Waals surface area contributed by atoms with Crippen LogP contribution < -0.4 is 0 Å². The van der Waals surface area contributed by atoms with Gasteiger partial charge in [-0.05, 0) is 19.3 Å². The average Bonchev–Trinajstić information content (AvgIpc) is 2.32. The van der Waals surface area contributed by atoms with Gasteiger partial charge in [-0.25, -0.2) is 0 Å². The van der Waals surface area contributed by atoms with Gasteiger partial charge in [0.25, 0.3) is 0 Å². The predicted molar refractivity (Wildman–Crippen MR) is 77.9 cm³/mol. The Morgan fingerprint density at radius 2 is 1.06 bits per heavy atom. The van der Waals surface area contributed by atoms with Crippen LogP contribution in [0.3, 0.4) is 0 Å². The van der Waals surface area contributed by atoms with Gasteiger partial charge in [-0.15, -0.1) is 6.58 Å². The van der Waals surface area contributed by atoms with Crippen LogP contribution in [0.2, 0.25) is 0 Å². The van der Waals surface area contributed by atoms with Gasteiger partial charge >= 0.3 is 0 Å². The Balaban J connectivity index is 0. The molecule has 0 N–H and O–H groups in total. The fourth-order valence-electron chi connectivity index (χ4n) is 1.23. The molecule has 0 aliphatic carbocycles. The van der Waals surface area contributed by atoms with Crippen LogP contribution in [-0.4, -0.2) is 0 Å². The zero-order valence-electron chi connectivity index (χ0n) is 11.8. The molecule has 0 rings (SSSR count). The maximum absolute atomic E-state index is 3.60. The van der Waals surface area contributed by atoms with E-state index in [-0.39, 0.29) is 0 Å². The van der Waals surface area contributed by atoms with Crippen LogP contribution in [0.4, 0.5) is 0 Å². The second kappa shape index (κ2) is 20.0. The first-order chi connectivity index (χ1) is 7.83. The average molecular weight is 224 g/mol. The summed E-state index contributed by atoms with van der Waals surface area (Å²) in [5.74, 6) is 0. The summed E-state index contributed by atoms with van der Waals surface area (Å²) in [4.78, 5) is 0. The van der Waals surface area contributed by atoms with E-state index in [4.69, 9.17) is 0 Å². The van der Waals surface area contributed by atoms with Crippen molar-refractivity contribution in [1.29, 1.82) is 0 Å². The number of hydrogen-bond donors (Lipinski definition) is 0. The Labute approximate surface area is 104 Å². The summed E-state index contributed by atoms with van der Waals surface area (Å²) in [5, 5.41) is 0. The minimum absolute atomic E-state index is 1.18. The number of unbranched alkanes of at least 4 members (excludes halogenated alkanes) is 6. The van der Waals surface area contributed by atoms with Crippen LogP contribution >= 0.6 is 0 Å². The standard InChI is InChI=1S/C10H20.C6H12/c1-3-5-7-9-10-8-6-4-2;1-3-5-6-4-2/h9-10H,3-8H2,1-2H3;3H,1,4-6H2,2H3/b10-9-;. The van der Waals surface area contributed by atoms with Crippen molar-refractivity contribution in [3.05, 3.63) is 24.8 Å². The molecule has 0 aromatic rings. The summed E-state index contributed by atoms with van der Waals surface area (Å²) in [5.41, 5.74) is 0. The summed E-state index contributed by atoms with van der Waals surface area (Å²) in [7, 11) is 0. The Morgan fingerprint density at radius 1 is 0.688 bits per heavy atom. The first-order valence-corrected chi connectivity index (χ1v) is 7.09. The fraction of sp³-hybridized carbons (Fsp3) is 0.750. The zero-order valence-corrected chi connectivity index (χ0v) is 11.8. The summed E-state index contributed by atoms with van der Waals surface area (Å²) in [6.45, 7) is 10.3. The second-order valence-corrected chi connectivity index (χ2v) is 4.19. The molecule has 0 saturated carbocycles. The van der Waals surface area contributed by atoms with E-state index in [1.807, 2.05) is 6.08 Å². The first-order valence-electron chi connectivity index (χ1n) is 7.09. The van der Waals surface area contributed by atoms with Gasteiger partial charge < -0.3 is 0 Å². The Kier molecular flexibility index (Phi) is 22.3. The fourth-order valence-corrected chi connectivity index (χ4v) is 1.23. The van der Waals surface area contributed by atoms with Gasteiger partial charge in [0.15, 0.2) is 0 Å². The maximum Gasteiger partial charge on any atom is -0.0351 e. The third-order valence-electron chi connectivity index (χ3n) is 2.38. The van der Waals surface area contributed by atoms with Crippen LogP contribution in [0.1, 0.15) is 78.6 Å². The van der Waals surface area contributed by atoms with E-state index in [2.05, 4.69) is 39.5 Å². The highest BCUT2D eigenvalue weighted by Gasteiger charge is 1.78. The number of hydrogen-bond acceptors (Lipinski definition) is 0. The number of allylic oxidation sites excluding steroid dienone is 3. The zero-order chi connectivity index (χ0) is 12.5. The molecule has 0 heteroatoms. The highest BCUT2D eigenvalue weighted by atomic mass is 13.9. The van der Waals surface area contributed by atoms with Gasteiger partial charge in [-0.2, -0.15) is 0 Å². The maximum atomic E-state index is 3.60. The van der Waals surface area contributed by atoms with Crippen molar-refractivity contribution in [3.8, 4) is 0 Å². The number of rotatable bonds is 9. The normalized spacial score (nSPS) is 9.94. The molecular formula is C16H32. The minimum atomic E-state index is 1.18. The molecule has 0 aromatic carbocycles. The lowest BCUT2D eigenvalue weighted by Crippen LogP contribution is -1.69. The quantitative estimate of drug-likeness (QED) is 0.319. The van der Waals surface area contributed by atoms with Crippen LogP contribution in [0.25, 0.3) is 0 Å². The van der Waals surface area contributed by atoms with E-state index in [0.717, 1.165) is 0 Å². The first kappa shape index (κ1) is 17.9. The van der Waals surface area contributed by atoms with Crippen molar-refractivity contribution < 1.29 is 0 Å². The molecule has 0 radical (unpaired) electrons. The molecule has 0 aromatic heterocycles. The van der Waals surface area contributed by atoms with Crippen molar-refractivity contribution in [1.82, 2.24) is 0 Å².